The van der Waals surface area contributed by atoms with Crippen LogP contribution in [0.15, 0.2) is 40.3 Å². The van der Waals surface area contributed by atoms with Gasteiger partial charge in [0.05, 0.1) is 6.20 Å². The Hall–Kier alpha value is -1.13. The molecular formula is C10H9ClN2OS. The van der Waals surface area contributed by atoms with E-state index in [0.29, 0.717) is 21.7 Å². The van der Waals surface area contributed by atoms with Crippen molar-refractivity contribution >= 4 is 29.1 Å². The summed E-state index contributed by atoms with van der Waals surface area (Å²) in [7, 11) is 0. The van der Waals surface area contributed by atoms with Crippen LogP contribution in [0.3, 0.4) is 0 Å². The van der Waals surface area contributed by atoms with Crippen LogP contribution in [0.25, 0.3) is 0 Å². The molecule has 5 heteroatoms. The van der Waals surface area contributed by atoms with Gasteiger partial charge in [-0.15, -0.1) is 0 Å². The maximum absolute atomic E-state index is 6.03. The molecule has 0 amide bonds. The molecule has 0 atom stereocenters. The lowest BCUT2D eigenvalue weighted by Crippen LogP contribution is -1.93. The van der Waals surface area contributed by atoms with Crippen LogP contribution in [-0.4, -0.2) is 4.98 Å². The predicted molar refractivity (Wildman–Crippen MR) is 61.9 cm³/mol. The van der Waals surface area contributed by atoms with Gasteiger partial charge in [-0.05, 0) is 12.1 Å². The van der Waals surface area contributed by atoms with Crippen molar-refractivity contribution in [2.45, 2.75) is 11.0 Å². The molecule has 78 valence electrons. The van der Waals surface area contributed by atoms with Crippen LogP contribution in [-0.2, 0) is 5.75 Å². The van der Waals surface area contributed by atoms with E-state index in [2.05, 4.69) is 4.98 Å². The lowest BCUT2D eigenvalue weighted by Gasteiger charge is -2.05. The summed E-state index contributed by atoms with van der Waals surface area (Å²) < 4.78 is 5.10. The number of anilines is 1. The van der Waals surface area contributed by atoms with Crippen molar-refractivity contribution in [2.24, 2.45) is 0 Å². The second kappa shape index (κ2) is 4.59. The third-order valence-electron chi connectivity index (χ3n) is 1.90. The number of benzene rings is 1. The van der Waals surface area contributed by atoms with E-state index in [4.69, 9.17) is 21.8 Å². The van der Waals surface area contributed by atoms with Crippen molar-refractivity contribution in [1.82, 2.24) is 4.98 Å². The molecule has 0 aliphatic heterocycles. The van der Waals surface area contributed by atoms with E-state index in [-0.39, 0.29) is 0 Å². The van der Waals surface area contributed by atoms with Gasteiger partial charge in [0.25, 0.3) is 5.22 Å². The van der Waals surface area contributed by atoms with E-state index in [1.54, 1.807) is 6.20 Å². The molecule has 0 bridgehead atoms. The lowest BCUT2D eigenvalue weighted by molar-refractivity contribution is 0.454. The Bertz CT molecular complexity index is 424. The monoisotopic (exact) mass is 240 g/mol. The Morgan fingerprint density at radius 2 is 2.33 bits per heavy atom. The Morgan fingerprint density at radius 1 is 1.47 bits per heavy atom. The van der Waals surface area contributed by atoms with Crippen LogP contribution >= 0.6 is 23.4 Å². The van der Waals surface area contributed by atoms with Crippen molar-refractivity contribution in [1.29, 1.82) is 0 Å². The molecule has 3 nitrogen and oxygen atoms in total. The predicted octanol–water partition coefficient (Wildman–Crippen LogP) is 3.20. The second-order valence-electron chi connectivity index (χ2n) is 2.89. The van der Waals surface area contributed by atoms with Crippen LogP contribution in [0.4, 0.5) is 5.69 Å². The van der Waals surface area contributed by atoms with E-state index >= 15 is 0 Å². The molecule has 2 N–H and O–H groups in total. The number of nitrogens with two attached hydrogens (primary N) is 1. The standard InChI is InChI=1S/C10H9ClN2OS/c11-8-2-1-3-9(12)7(8)6-15-10-13-4-5-14-10/h1-5H,6,12H2. The second-order valence-corrected chi connectivity index (χ2v) is 4.23. The van der Waals surface area contributed by atoms with Crippen LogP contribution < -0.4 is 5.73 Å². The number of thioether (sulfide) groups is 1. The molecule has 0 aliphatic rings. The van der Waals surface area contributed by atoms with Crippen molar-refractivity contribution in [3.63, 3.8) is 0 Å². The molecule has 0 unspecified atom stereocenters. The highest BCUT2D eigenvalue weighted by Crippen LogP contribution is 2.29. The molecule has 0 spiro atoms. The average molecular weight is 241 g/mol. The molecular weight excluding hydrogens is 232 g/mol. The highest BCUT2D eigenvalue weighted by Gasteiger charge is 2.06. The smallest absolute Gasteiger partial charge is 0.255 e. The SMILES string of the molecule is Nc1cccc(Cl)c1CSc1ncco1. The summed E-state index contributed by atoms with van der Waals surface area (Å²) in [6.45, 7) is 0. The number of nitrogens with zero attached hydrogens (tertiary/aromatic N) is 1. The fraction of sp³-hybridized carbons (Fsp3) is 0.100. The number of nitrogen functional groups attached to an aromatic ring is 1. The first-order chi connectivity index (χ1) is 7.27. The molecule has 2 aromatic rings. The number of halogens is 1. The Labute approximate surface area is 96.6 Å². The molecule has 0 radical (unpaired) electrons. The average Bonchev–Trinajstić information content (AvgIpc) is 2.70. The summed E-state index contributed by atoms with van der Waals surface area (Å²) in [6.07, 6.45) is 3.15. The van der Waals surface area contributed by atoms with Crippen molar-refractivity contribution < 1.29 is 4.42 Å². The normalized spacial score (nSPS) is 10.5. The van der Waals surface area contributed by atoms with E-state index in [1.807, 2.05) is 18.2 Å². The maximum Gasteiger partial charge on any atom is 0.255 e. The third-order valence-corrected chi connectivity index (χ3v) is 3.14. The summed E-state index contributed by atoms with van der Waals surface area (Å²) >= 11 is 7.49. The molecule has 0 saturated carbocycles. The molecule has 2 rings (SSSR count). The zero-order valence-electron chi connectivity index (χ0n) is 7.81. The van der Waals surface area contributed by atoms with Crippen molar-refractivity contribution in [3.8, 4) is 0 Å². The van der Waals surface area contributed by atoms with Gasteiger partial charge in [0.15, 0.2) is 0 Å². The summed E-state index contributed by atoms with van der Waals surface area (Å²) in [5, 5.41) is 1.29. The summed E-state index contributed by atoms with van der Waals surface area (Å²) in [6, 6.07) is 5.48. The Morgan fingerprint density at radius 3 is 3.00 bits per heavy atom. The molecule has 0 saturated heterocycles. The fourth-order valence-electron chi connectivity index (χ4n) is 1.14. The molecule has 1 aromatic heterocycles. The number of aromatic nitrogens is 1. The molecule has 0 aliphatic carbocycles. The van der Waals surface area contributed by atoms with E-state index in [0.717, 1.165) is 5.56 Å². The summed E-state index contributed by atoms with van der Waals surface area (Å²) in [5.74, 6) is 0.659. The van der Waals surface area contributed by atoms with Gasteiger partial charge in [-0.25, -0.2) is 4.98 Å². The first-order valence-corrected chi connectivity index (χ1v) is 5.69. The summed E-state index contributed by atoms with van der Waals surface area (Å²) in [4.78, 5) is 4.00. The van der Waals surface area contributed by atoms with Crippen LogP contribution in [0.1, 0.15) is 5.56 Å². The molecule has 0 fully saturated rings. The Balaban J connectivity index is 2.11. The van der Waals surface area contributed by atoms with Gasteiger partial charge in [-0.2, -0.15) is 0 Å². The van der Waals surface area contributed by atoms with Crippen LogP contribution in [0.5, 0.6) is 0 Å². The van der Waals surface area contributed by atoms with E-state index in [1.165, 1.54) is 18.0 Å². The quantitative estimate of drug-likeness (QED) is 0.661. The first kappa shape index (κ1) is 10.4. The number of rotatable bonds is 3. The van der Waals surface area contributed by atoms with Gasteiger partial charge in [0.2, 0.25) is 0 Å². The minimum absolute atomic E-state index is 0.620. The van der Waals surface area contributed by atoms with E-state index in [9.17, 15) is 0 Å². The van der Waals surface area contributed by atoms with Crippen LogP contribution in [0, 0.1) is 0 Å². The number of hydrogen-bond donors (Lipinski definition) is 1. The molecule has 1 heterocycles. The van der Waals surface area contributed by atoms with E-state index < -0.39 is 0 Å². The summed E-state index contributed by atoms with van der Waals surface area (Å²) in [5.41, 5.74) is 7.43. The van der Waals surface area contributed by atoms with Gasteiger partial charge in [0, 0.05) is 22.0 Å². The number of hydrogen-bond acceptors (Lipinski definition) is 4. The van der Waals surface area contributed by atoms with Crippen LogP contribution in [0.2, 0.25) is 5.02 Å². The number of oxazole rings is 1. The molecule has 1 aromatic carbocycles. The fourth-order valence-corrected chi connectivity index (χ4v) is 2.32. The highest BCUT2D eigenvalue weighted by atomic mass is 35.5. The third kappa shape index (κ3) is 2.46. The zero-order valence-corrected chi connectivity index (χ0v) is 9.39. The lowest BCUT2D eigenvalue weighted by atomic mass is 10.2. The zero-order chi connectivity index (χ0) is 10.7. The minimum atomic E-state index is 0.620. The van der Waals surface area contributed by atoms with Gasteiger partial charge in [-0.1, -0.05) is 29.4 Å². The van der Waals surface area contributed by atoms with Gasteiger partial charge in [-0.3, -0.25) is 0 Å². The maximum atomic E-state index is 6.03. The van der Waals surface area contributed by atoms with Crippen molar-refractivity contribution in [3.05, 3.63) is 41.2 Å². The topological polar surface area (TPSA) is 52.0 Å². The largest absolute Gasteiger partial charge is 0.440 e. The highest BCUT2D eigenvalue weighted by molar-refractivity contribution is 7.98. The Kier molecular flexibility index (Phi) is 3.18. The van der Waals surface area contributed by atoms with Gasteiger partial charge < -0.3 is 10.2 Å². The van der Waals surface area contributed by atoms with Gasteiger partial charge >= 0.3 is 0 Å². The first-order valence-electron chi connectivity index (χ1n) is 4.32. The van der Waals surface area contributed by atoms with Crippen molar-refractivity contribution in [2.75, 3.05) is 5.73 Å². The minimum Gasteiger partial charge on any atom is -0.440 e. The molecule has 15 heavy (non-hydrogen) atoms. The van der Waals surface area contributed by atoms with Gasteiger partial charge in [0.1, 0.15) is 6.26 Å².